The zero-order valence-electron chi connectivity index (χ0n) is 22.9. The fourth-order valence-corrected chi connectivity index (χ4v) is 7.59. The summed E-state index contributed by atoms with van der Waals surface area (Å²) in [4.78, 5) is 41.6. The summed E-state index contributed by atoms with van der Waals surface area (Å²) in [7, 11) is 0. The predicted molar refractivity (Wildman–Crippen MR) is 148 cm³/mol. The van der Waals surface area contributed by atoms with Crippen LogP contribution in [0.5, 0.6) is 0 Å². The molecule has 0 spiro atoms. The van der Waals surface area contributed by atoms with Gasteiger partial charge in [0, 0.05) is 29.0 Å². The molecule has 0 aromatic heterocycles. The normalized spacial score (nSPS) is 24.0. The number of carbonyl (C=O) groups is 3. The van der Waals surface area contributed by atoms with Crippen molar-refractivity contribution >= 4 is 35.5 Å². The van der Waals surface area contributed by atoms with Crippen molar-refractivity contribution in [3.8, 4) is 0 Å². The first kappa shape index (κ1) is 29.6. The molecule has 210 valence electrons. The molecule has 3 atom stereocenters. The maximum atomic E-state index is 14.1. The highest BCUT2D eigenvalue weighted by atomic mass is 32.2. The molecule has 0 aromatic rings. The van der Waals surface area contributed by atoms with Gasteiger partial charge in [0.25, 0.3) is 0 Å². The smallest absolute Gasteiger partial charge is 0.407 e. The topological polar surface area (TPSA) is 138 Å². The minimum Gasteiger partial charge on any atom is -0.450 e. The van der Waals surface area contributed by atoms with Crippen LogP contribution in [0.4, 0.5) is 4.79 Å². The molecule has 10 heteroatoms. The fraction of sp³-hybridized carbons (Fsp3) is 0.852. The van der Waals surface area contributed by atoms with Crippen molar-refractivity contribution < 1.29 is 19.1 Å². The van der Waals surface area contributed by atoms with Gasteiger partial charge >= 0.3 is 6.09 Å². The second kappa shape index (κ2) is 13.7. The Hall–Kier alpha value is -1.97. The van der Waals surface area contributed by atoms with Crippen LogP contribution in [0.2, 0.25) is 0 Å². The first-order chi connectivity index (χ1) is 17.6. The Morgan fingerprint density at radius 2 is 1.76 bits per heavy atom. The minimum atomic E-state index is -0.873. The fourth-order valence-electron chi connectivity index (χ4n) is 5.86. The van der Waals surface area contributed by atoms with Crippen LogP contribution < -0.4 is 16.4 Å². The van der Waals surface area contributed by atoms with Crippen molar-refractivity contribution in [2.45, 2.75) is 113 Å². The lowest BCUT2D eigenvalue weighted by molar-refractivity contribution is -0.140. The maximum Gasteiger partial charge on any atom is 0.407 e. The van der Waals surface area contributed by atoms with Gasteiger partial charge in [-0.25, -0.2) is 4.79 Å². The SMILES string of the molecule is CCCOC(=O)N[C@@H](C(=O)N1C[C@H](C(=N)N)C[C@H]1C(=O)NCC1CCCCC1)C(C)(C)SC1CCCC1. The van der Waals surface area contributed by atoms with Crippen LogP contribution in [-0.2, 0) is 14.3 Å². The summed E-state index contributed by atoms with van der Waals surface area (Å²) in [6.45, 7) is 6.95. The van der Waals surface area contributed by atoms with Gasteiger partial charge in [0.05, 0.1) is 12.4 Å². The average molecular weight is 538 g/mol. The highest BCUT2D eigenvalue weighted by molar-refractivity contribution is 8.01. The second-order valence-electron chi connectivity index (χ2n) is 11.5. The summed E-state index contributed by atoms with van der Waals surface area (Å²) in [6, 6.07) is -1.59. The second-order valence-corrected chi connectivity index (χ2v) is 13.4. The first-order valence-corrected chi connectivity index (χ1v) is 15.0. The van der Waals surface area contributed by atoms with E-state index in [9.17, 15) is 14.4 Å². The third-order valence-electron chi connectivity index (χ3n) is 8.03. The molecule has 5 N–H and O–H groups in total. The van der Waals surface area contributed by atoms with Crippen molar-refractivity contribution in [1.29, 1.82) is 5.41 Å². The van der Waals surface area contributed by atoms with Gasteiger partial charge in [-0.15, -0.1) is 11.8 Å². The van der Waals surface area contributed by atoms with E-state index in [4.69, 9.17) is 15.9 Å². The summed E-state index contributed by atoms with van der Waals surface area (Å²) in [5, 5.41) is 14.3. The zero-order chi connectivity index (χ0) is 27.0. The van der Waals surface area contributed by atoms with Crippen LogP contribution in [0, 0.1) is 17.2 Å². The number of amides is 3. The van der Waals surface area contributed by atoms with Crippen molar-refractivity contribution in [2.24, 2.45) is 17.6 Å². The van der Waals surface area contributed by atoms with Crippen LogP contribution in [0.25, 0.3) is 0 Å². The Morgan fingerprint density at radius 1 is 1.11 bits per heavy atom. The molecule has 3 aliphatic rings. The molecular formula is C27H47N5O4S. The lowest BCUT2D eigenvalue weighted by Crippen LogP contribution is -2.60. The van der Waals surface area contributed by atoms with Crippen LogP contribution in [0.3, 0.4) is 0 Å². The third kappa shape index (κ3) is 8.26. The number of nitrogens with two attached hydrogens (primary N) is 1. The number of hydrogen-bond donors (Lipinski definition) is 4. The highest BCUT2D eigenvalue weighted by Gasteiger charge is 2.47. The largest absolute Gasteiger partial charge is 0.450 e. The van der Waals surface area contributed by atoms with E-state index in [2.05, 4.69) is 10.6 Å². The zero-order valence-corrected chi connectivity index (χ0v) is 23.7. The van der Waals surface area contributed by atoms with Gasteiger partial charge in [0.1, 0.15) is 12.1 Å². The van der Waals surface area contributed by atoms with Crippen molar-refractivity contribution in [3.63, 3.8) is 0 Å². The predicted octanol–water partition coefficient (Wildman–Crippen LogP) is 3.80. The maximum absolute atomic E-state index is 14.1. The quantitative estimate of drug-likeness (QED) is 0.234. The first-order valence-electron chi connectivity index (χ1n) is 14.2. The Bertz CT molecular complexity index is 811. The molecule has 0 bridgehead atoms. The van der Waals surface area contributed by atoms with Crippen molar-refractivity contribution in [1.82, 2.24) is 15.5 Å². The van der Waals surface area contributed by atoms with E-state index in [0.29, 0.717) is 30.6 Å². The summed E-state index contributed by atoms with van der Waals surface area (Å²) < 4.78 is 4.66. The van der Waals surface area contributed by atoms with Gasteiger partial charge in [-0.3, -0.25) is 15.0 Å². The lowest BCUT2D eigenvalue weighted by atomic mass is 9.89. The van der Waals surface area contributed by atoms with E-state index < -0.39 is 22.9 Å². The molecule has 1 saturated heterocycles. The molecule has 3 fully saturated rings. The number of amidine groups is 1. The number of thioether (sulfide) groups is 1. The van der Waals surface area contributed by atoms with Crippen LogP contribution in [-0.4, -0.2) is 70.4 Å². The van der Waals surface area contributed by atoms with Gasteiger partial charge < -0.3 is 26.0 Å². The number of hydrogen-bond acceptors (Lipinski definition) is 6. The number of nitrogens with one attached hydrogen (secondary N) is 3. The Kier molecular flexibility index (Phi) is 11.0. The summed E-state index contributed by atoms with van der Waals surface area (Å²) in [5.74, 6) is -0.447. The monoisotopic (exact) mass is 537 g/mol. The minimum absolute atomic E-state index is 0.0214. The Labute approximate surface area is 226 Å². The average Bonchev–Trinajstić information content (AvgIpc) is 3.55. The summed E-state index contributed by atoms with van der Waals surface area (Å²) in [5.41, 5.74) is 5.84. The molecule has 1 aliphatic heterocycles. The third-order valence-corrected chi connectivity index (χ3v) is 9.68. The van der Waals surface area contributed by atoms with E-state index >= 15 is 0 Å². The molecule has 0 unspecified atom stereocenters. The molecule has 37 heavy (non-hydrogen) atoms. The van der Waals surface area contributed by atoms with Gasteiger partial charge in [-0.05, 0) is 58.3 Å². The van der Waals surface area contributed by atoms with Gasteiger partial charge in [-0.1, -0.05) is 39.0 Å². The van der Waals surface area contributed by atoms with Gasteiger partial charge in [0.15, 0.2) is 0 Å². The van der Waals surface area contributed by atoms with E-state index in [1.807, 2.05) is 20.8 Å². The van der Waals surface area contributed by atoms with Crippen LogP contribution in [0.1, 0.15) is 91.4 Å². The van der Waals surface area contributed by atoms with E-state index in [1.54, 1.807) is 16.7 Å². The molecule has 0 aromatic carbocycles. The molecule has 3 rings (SSSR count). The molecule has 2 saturated carbocycles. The lowest BCUT2D eigenvalue weighted by Gasteiger charge is -2.38. The summed E-state index contributed by atoms with van der Waals surface area (Å²) >= 11 is 1.73. The number of likely N-dealkylation sites (tertiary alicyclic amines) is 1. The van der Waals surface area contributed by atoms with Crippen molar-refractivity contribution in [3.05, 3.63) is 0 Å². The number of rotatable bonds is 11. The molecule has 0 radical (unpaired) electrons. The van der Waals surface area contributed by atoms with Crippen LogP contribution >= 0.6 is 11.8 Å². The standard InChI is InChI=1S/C27H47N5O4S/c1-4-14-36-26(35)31-22(27(2,3)37-20-12-8-9-13-20)25(34)32-17-19(23(28)29)15-21(32)24(33)30-16-18-10-6-5-7-11-18/h18-22H,4-17H2,1-3H3,(H3,28,29)(H,30,33)(H,31,35)/t19-,21+,22+/m1/s1. The van der Waals surface area contributed by atoms with E-state index in [1.165, 1.54) is 32.1 Å². The van der Waals surface area contributed by atoms with E-state index in [-0.39, 0.29) is 36.7 Å². The number of nitrogens with zero attached hydrogens (tertiary/aromatic N) is 1. The number of carbonyl (C=O) groups excluding carboxylic acids is 3. The molecule has 1 heterocycles. The van der Waals surface area contributed by atoms with E-state index in [0.717, 1.165) is 25.7 Å². The number of alkyl carbamates (subject to hydrolysis) is 1. The number of ether oxygens (including phenoxy) is 1. The highest BCUT2D eigenvalue weighted by Crippen LogP contribution is 2.40. The molecule has 3 amide bonds. The summed E-state index contributed by atoms with van der Waals surface area (Å²) in [6.07, 6.45) is 10.8. The Morgan fingerprint density at radius 3 is 2.38 bits per heavy atom. The van der Waals surface area contributed by atoms with Gasteiger partial charge in [-0.2, -0.15) is 0 Å². The molecular weight excluding hydrogens is 490 g/mol. The van der Waals surface area contributed by atoms with Crippen molar-refractivity contribution in [2.75, 3.05) is 19.7 Å². The van der Waals surface area contributed by atoms with Crippen LogP contribution in [0.15, 0.2) is 0 Å². The van der Waals surface area contributed by atoms with Gasteiger partial charge in [0.2, 0.25) is 11.8 Å². The molecule has 9 nitrogen and oxygen atoms in total. The Balaban J connectivity index is 1.78. The molecule has 2 aliphatic carbocycles.